The van der Waals surface area contributed by atoms with Crippen molar-refractivity contribution < 1.29 is 4.79 Å². The number of amides is 1. The van der Waals surface area contributed by atoms with Gasteiger partial charge in [0.1, 0.15) is 0 Å². The highest BCUT2D eigenvalue weighted by Gasteiger charge is 2.34. The van der Waals surface area contributed by atoms with Crippen molar-refractivity contribution in [3.8, 4) is 11.1 Å². The zero-order chi connectivity index (χ0) is 27.6. The summed E-state index contributed by atoms with van der Waals surface area (Å²) in [5, 5.41) is 7.89. The molecule has 4 aromatic carbocycles. The molecule has 1 aliphatic rings. The number of benzene rings is 4. The van der Waals surface area contributed by atoms with Gasteiger partial charge in [0.2, 0.25) is 0 Å². The summed E-state index contributed by atoms with van der Waals surface area (Å²) in [5.41, 5.74) is 4.20. The second-order valence-electron chi connectivity index (χ2n) is 9.48. The molecule has 1 unspecified atom stereocenters. The molecule has 5 nitrogen and oxygen atoms in total. The third kappa shape index (κ3) is 4.97. The number of pyridine rings is 1. The normalized spacial score (nSPS) is 15.1. The van der Waals surface area contributed by atoms with E-state index in [4.69, 9.17) is 28.3 Å². The first-order valence-electron chi connectivity index (χ1n) is 12.8. The number of fused-ring (bicyclic) bond motifs is 1. The molecule has 0 fully saturated rings. The van der Waals surface area contributed by atoms with Gasteiger partial charge in [0, 0.05) is 27.9 Å². The fourth-order valence-corrected chi connectivity index (χ4v) is 5.41. The summed E-state index contributed by atoms with van der Waals surface area (Å²) in [6.07, 6.45) is 4.24. The molecule has 0 spiro atoms. The van der Waals surface area contributed by atoms with Gasteiger partial charge in [-0.2, -0.15) is 5.10 Å². The summed E-state index contributed by atoms with van der Waals surface area (Å²) in [5.74, 6) is -0.343. The van der Waals surface area contributed by atoms with Crippen LogP contribution >= 0.6 is 23.2 Å². The van der Waals surface area contributed by atoms with Gasteiger partial charge in [-0.25, -0.2) is 5.01 Å². The Kier molecular flexibility index (Phi) is 7.08. The second kappa shape index (κ2) is 11.0. The standard InChI is InChI=1S/C33H23Cl2N3O2/c34-23-16-18-28-26(19-23)30(22-11-5-2-6-12-22)31(32(39)36-28)29-20-24(17-15-21-9-3-1-4-10-21)38(37-29)33(40)25-13-7-8-14-27(25)35/h1-19,24H,20H2,(H,36,39)/b17-15+. The topological polar surface area (TPSA) is 65.5 Å². The first-order chi connectivity index (χ1) is 19.5. The molecule has 1 N–H and O–H groups in total. The van der Waals surface area contributed by atoms with Crippen LogP contribution in [0.1, 0.15) is 27.9 Å². The number of hydrogen-bond acceptors (Lipinski definition) is 3. The van der Waals surface area contributed by atoms with Crippen molar-refractivity contribution >= 4 is 51.8 Å². The molecule has 0 bridgehead atoms. The molecular formula is C33H23Cl2N3O2. The average molecular weight is 564 g/mol. The molecule has 2 heterocycles. The summed E-state index contributed by atoms with van der Waals surface area (Å²) in [4.78, 5) is 30.4. The van der Waals surface area contributed by atoms with Crippen molar-refractivity contribution in [1.82, 2.24) is 9.99 Å². The second-order valence-corrected chi connectivity index (χ2v) is 10.3. The highest BCUT2D eigenvalue weighted by Crippen LogP contribution is 2.34. The first kappa shape index (κ1) is 25.8. The van der Waals surface area contributed by atoms with Gasteiger partial charge in [0.25, 0.3) is 11.5 Å². The maximum absolute atomic E-state index is 13.8. The number of H-pyrrole nitrogens is 1. The number of rotatable bonds is 5. The van der Waals surface area contributed by atoms with Crippen LogP contribution in [-0.4, -0.2) is 27.7 Å². The lowest BCUT2D eigenvalue weighted by molar-refractivity contribution is 0.0742. The lowest BCUT2D eigenvalue weighted by Crippen LogP contribution is -2.31. The van der Waals surface area contributed by atoms with E-state index in [1.165, 1.54) is 5.01 Å². The molecular weight excluding hydrogens is 541 g/mol. The number of hydrazone groups is 1. The molecule has 0 saturated carbocycles. The monoisotopic (exact) mass is 563 g/mol. The summed E-state index contributed by atoms with van der Waals surface area (Å²) < 4.78 is 0. The molecule has 1 aliphatic heterocycles. The molecule has 5 aromatic rings. The van der Waals surface area contributed by atoms with Gasteiger partial charge >= 0.3 is 0 Å². The fraction of sp³-hybridized carbons (Fsp3) is 0.0606. The predicted molar refractivity (Wildman–Crippen MR) is 163 cm³/mol. The van der Waals surface area contributed by atoms with Crippen molar-refractivity contribution in [2.45, 2.75) is 12.5 Å². The van der Waals surface area contributed by atoms with E-state index < -0.39 is 6.04 Å². The van der Waals surface area contributed by atoms with Gasteiger partial charge in [0.05, 0.1) is 27.9 Å². The number of halogens is 2. The SMILES string of the molecule is O=C(c1ccccc1Cl)N1N=C(c2c(-c3ccccc3)c3cc(Cl)ccc3[nH]c2=O)CC1/C=C/c1ccccc1. The van der Waals surface area contributed by atoms with Gasteiger partial charge in [-0.1, -0.05) is 108 Å². The van der Waals surface area contributed by atoms with Crippen molar-refractivity contribution in [1.29, 1.82) is 0 Å². The molecule has 0 radical (unpaired) electrons. The molecule has 6 rings (SSSR count). The molecule has 1 amide bonds. The molecule has 0 saturated heterocycles. The quantitative estimate of drug-likeness (QED) is 0.236. The van der Waals surface area contributed by atoms with E-state index in [-0.39, 0.29) is 11.5 Å². The van der Waals surface area contributed by atoms with Crippen molar-refractivity contribution in [3.63, 3.8) is 0 Å². The minimum atomic E-state index is -0.433. The molecule has 0 aliphatic carbocycles. The Bertz CT molecular complexity index is 1850. The number of nitrogens with one attached hydrogen (secondary N) is 1. The Hall–Kier alpha value is -4.45. The predicted octanol–water partition coefficient (Wildman–Crippen LogP) is 7.83. The van der Waals surface area contributed by atoms with Crippen molar-refractivity contribution in [2.75, 3.05) is 0 Å². The number of aromatic nitrogens is 1. The van der Waals surface area contributed by atoms with Crippen LogP contribution in [0.4, 0.5) is 0 Å². The largest absolute Gasteiger partial charge is 0.321 e. The van der Waals surface area contributed by atoms with Crippen LogP contribution in [0.25, 0.3) is 28.1 Å². The van der Waals surface area contributed by atoms with Crippen LogP contribution in [0.2, 0.25) is 10.0 Å². The van der Waals surface area contributed by atoms with E-state index in [1.54, 1.807) is 36.4 Å². The summed E-state index contributed by atoms with van der Waals surface area (Å²) in [6.45, 7) is 0. The van der Waals surface area contributed by atoms with Crippen LogP contribution in [0.3, 0.4) is 0 Å². The smallest absolute Gasteiger partial charge is 0.276 e. The molecule has 40 heavy (non-hydrogen) atoms. The van der Waals surface area contributed by atoms with Crippen molar-refractivity contribution in [3.05, 3.63) is 146 Å². The van der Waals surface area contributed by atoms with Crippen LogP contribution in [-0.2, 0) is 0 Å². The lowest BCUT2D eigenvalue weighted by Gasteiger charge is -2.19. The Labute approximate surface area is 241 Å². The first-order valence-corrected chi connectivity index (χ1v) is 13.6. The van der Waals surface area contributed by atoms with Crippen LogP contribution < -0.4 is 5.56 Å². The van der Waals surface area contributed by atoms with Crippen LogP contribution in [0, 0.1) is 0 Å². The maximum atomic E-state index is 13.8. The highest BCUT2D eigenvalue weighted by molar-refractivity contribution is 6.34. The number of nitrogens with zero attached hydrogens (tertiary/aromatic N) is 2. The Morgan fingerprint density at radius 2 is 1.57 bits per heavy atom. The molecule has 196 valence electrons. The van der Waals surface area contributed by atoms with Gasteiger partial charge in [-0.05, 0) is 41.5 Å². The zero-order valence-electron chi connectivity index (χ0n) is 21.2. The third-order valence-electron chi connectivity index (χ3n) is 6.90. The fourth-order valence-electron chi connectivity index (χ4n) is 5.02. The van der Waals surface area contributed by atoms with E-state index in [2.05, 4.69) is 4.98 Å². The molecule has 7 heteroatoms. The summed E-state index contributed by atoms with van der Waals surface area (Å²) >= 11 is 12.8. The summed E-state index contributed by atoms with van der Waals surface area (Å²) in [7, 11) is 0. The van der Waals surface area contributed by atoms with Gasteiger partial charge in [0.15, 0.2) is 0 Å². The Morgan fingerprint density at radius 3 is 2.33 bits per heavy atom. The summed E-state index contributed by atoms with van der Waals surface area (Å²) in [6, 6.07) is 31.3. The number of hydrogen-bond donors (Lipinski definition) is 1. The highest BCUT2D eigenvalue weighted by atomic mass is 35.5. The van der Waals surface area contributed by atoms with Gasteiger partial charge in [-0.3, -0.25) is 9.59 Å². The number of carbonyl (C=O) groups excluding carboxylic acids is 1. The van der Waals surface area contributed by atoms with Gasteiger partial charge < -0.3 is 4.98 Å². The molecule has 1 aromatic heterocycles. The molecule has 1 atom stereocenters. The van der Waals surface area contributed by atoms with Crippen LogP contribution in [0.5, 0.6) is 0 Å². The number of carbonyl (C=O) groups is 1. The van der Waals surface area contributed by atoms with E-state index >= 15 is 0 Å². The average Bonchev–Trinajstić information content (AvgIpc) is 3.40. The minimum absolute atomic E-state index is 0.287. The van der Waals surface area contributed by atoms with E-state index in [0.717, 1.165) is 22.1 Å². The van der Waals surface area contributed by atoms with E-state index in [0.29, 0.717) is 38.8 Å². The lowest BCUT2D eigenvalue weighted by atomic mass is 9.92. The Balaban J connectivity index is 1.53. The van der Waals surface area contributed by atoms with E-state index in [1.807, 2.05) is 78.9 Å². The van der Waals surface area contributed by atoms with E-state index in [9.17, 15) is 9.59 Å². The van der Waals surface area contributed by atoms with Crippen molar-refractivity contribution in [2.24, 2.45) is 5.10 Å². The zero-order valence-corrected chi connectivity index (χ0v) is 22.7. The third-order valence-corrected chi connectivity index (χ3v) is 7.46. The van der Waals surface area contributed by atoms with Crippen LogP contribution in [0.15, 0.2) is 119 Å². The number of aromatic amines is 1. The maximum Gasteiger partial charge on any atom is 0.276 e. The Morgan fingerprint density at radius 1 is 0.875 bits per heavy atom. The van der Waals surface area contributed by atoms with Gasteiger partial charge in [-0.15, -0.1) is 0 Å². The minimum Gasteiger partial charge on any atom is -0.321 e.